The monoisotopic (exact) mass is 235 g/mol. The van der Waals surface area contributed by atoms with E-state index >= 15 is 0 Å². The Balaban J connectivity index is 3.04. The molecule has 0 aromatic carbocycles. The van der Waals surface area contributed by atoms with Crippen LogP contribution in [0.1, 0.15) is 20.3 Å². The SMILES string of the molecule is CCC(C)[C]#[Er]. The van der Waals surface area contributed by atoms with Gasteiger partial charge in [0.05, 0.1) is 0 Å². The Bertz CT molecular complexity index is 60.8. The average Bonchev–Trinajstić information content (AvgIpc) is 1.65. The summed E-state index contributed by atoms with van der Waals surface area (Å²) < 4.78 is 3.03. The minimum absolute atomic E-state index is 0.648. The van der Waals surface area contributed by atoms with Crippen LogP contribution < -0.4 is 0 Å². The van der Waals surface area contributed by atoms with Crippen molar-refractivity contribution in [2.75, 3.05) is 0 Å². The van der Waals surface area contributed by atoms with Gasteiger partial charge in [-0.2, -0.15) is 0 Å². The third-order valence-electron chi connectivity index (χ3n) is 0.755. The second kappa shape index (κ2) is 4.19. The molecule has 1 heteroatoms. The molecule has 0 spiro atoms. The molecule has 0 amide bonds. The van der Waals surface area contributed by atoms with Crippen LogP contribution in [0.3, 0.4) is 0 Å². The summed E-state index contributed by atoms with van der Waals surface area (Å²) >= 11 is 2.49. The van der Waals surface area contributed by atoms with E-state index in [0.717, 1.165) is 0 Å². The molecule has 0 saturated carbocycles. The van der Waals surface area contributed by atoms with Crippen LogP contribution in [0.4, 0.5) is 0 Å². The molecule has 0 rings (SSSR count). The van der Waals surface area contributed by atoms with E-state index in [0.29, 0.717) is 5.92 Å². The Hall–Kier alpha value is 1.03. The van der Waals surface area contributed by atoms with Gasteiger partial charge in [0.15, 0.2) is 0 Å². The van der Waals surface area contributed by atoms with Crippen molar-refractivity contribution < 1.29 is 34.6 Å². The van der Waals surface area contributed by atoms with Gasteiger partial charge in [0, 0.05) is 0 Å². The summed E-state index contributed by atoms with van der Waals surface area (Å²) in [5, 5.41) is 0. The third-order valence-corrected chi connectivity index (χ3v) is 1.67. The summed E-state index contributed by atoms with van der Waals surface area (Å²) in [6, 6.07) is 0. The normalized spacial score (nSPS) is 13.3. The van der Waals surface area contributed by atoms with Gasteiger partial charge < -0.3 is 0 Å². The quantitative estimate of drug-likeness (QED) is 0.648. The predicted molar refractivity (Wildman–Crippen MR) is 23.3 cm³/mol. The zero-order valence-corrected chi connectivity index (χ0v) is 5.93. The van der Waals surface area contributed by atoms with Crippen LogP contribution in [0.15, 0.2) is 0 Å². The molecule has 0 heterocycles. The van der Waals surface area contributed by atoms with Crippen LogP contribution in [0.2, 0.25) is 0 Å². The zero-order chi connectivity index (χ0) is 4.99. The van der Waals surface area contributed by atoms with E-state index in [9.17, 15) is 0 Å². The second-order valence-electron chi connectivity index (χ2n) is 1.39. The predicted octanol–water partition coefficient (Wildman–Crippen LogP) is 1.54. The van der Waals surface area contributed by atoms with Crippen molar-refractivity contribution in [1.82, 2.24) is 0 Å². The molecule has 1 unspecified atom stereocenters. The Labute approximate surface area is 62.2 Å². The van der Waals surface area contributed by atoms with Crippen molar-refractivity contribution in [3.05, 3.63) is 0 Å². The Morgan fingerprint density at radius 2 is 2.33 bits per heavy atom. The van der Waals surface area contributed by atoms with Gasteiger partial charge in [0.25, 0.3) is 0 Å². The van der Waals surface area contributed by atoms with E-state index in [2.05, 4.69) is 50.4 Å². The van der Waals surface area contributed by atoms with Crippen LogP contribution >= 0.6 is 0 Å². The fraction of sp³-hybridized carbons (Fsp3) is 0.800. The zero-order valence-electron chi connectivity index (χ0n) is 4.07. The average molecular weight is 236 g/mol. The van der Waals surface area contributed by atoms with Crippen LogP contribution in [-0.4, -0.2) is 0 Å². The van der Waals surface area contributed by atoms with Gasteiger partial charge in [-0.15, -0.1) is 0 Å². The maximum absolute atomic E-state index is 3.03. The molecule has 0 aliphatic rings. The Kier molecular flexibility index (Phi) is 4.91. The standard InChI is InChI=1S/C5H9.Er/c1-4-5(2)3;/h5H,4H2,1-2H3;. The molecule has 0 aliphatic carbocycles. The van der Waals surface area contributed by atoms with Crippen molar-refractivity contribution in [3.63, 3.8) is 0 Å². The first-order chi connectivity index (χ1) is 2.81. The van der Waals surface area contributed by atoms with Crippen LogP contribution in [-0.2, 0) is 0 Å². The summed E-state index contributed by atoms with van der Waals surface area (Å²) in [5.74, 6) is 0.648. The molecule has 6 heavy (non-hydrogen) atoms. The minimum atomic E-state index is 0.648. The van der Waals surface area contributed by atoms with Crippen molar-refractivity contribution in [2.45, 2.75) is 20.3 Å². The summed E-state index contributed by atoms with van der Waals surface area (Å²) in [5.41, 5.74) is 0. The molecule has 0 saturated heterocycles. The summed E-state index contributed by atoms with van der Waals surface area (Å²) in [7, 11) is 0. The van der Waals surface area contributed by atoms with Crippen molar-refractivity contribution >= 4 is 0 Å². The molecule has 0 N–H and O–H groups in total. The van der Waals surface area contributed by atoms with E-state index in [1.807, 2.05) is 0 Å². The first-order valence-electron chi connectivity index (χ1n) is 2.13. The van der Waals surface area contributed by atoms with Gasteiger partial charge in [-0.25, -0.2) is 0 Å². The summed E-state index contributed by atoms with van der Waals surface area (Å²) in [6.07, 6.45) is 1.20. The summed E-state index contributed by atoms with van der Waals surface area (Å²) in [6.45, 7) is 4.30. The number of rotatable bonds is 1. The molecule has 0 aromatic rings. The maximum atomic E-state index is 3.03. The van der Waals surface area contributed by atoms with Gasteiger partial charge >= 0.3 is 62.7 Å². The molecule has 0 radical (unpaired) electrons. The van der Waals surface area contributed by atoms with E-state index < -0.39 is 0 Å². The van der Waals surface area contributed by atoms with Crippen LogP contribution in [0.5, 0.6) is 0 Å². The molecule has 0 aliphatic heterocycles. The van der Waals surface area contributed by atoms with E-state index in [4.69, 9.17) is 0 Å². The molecule has 0 aromatic heterocycles. The molecule has 1 atom stereocenters. The summed E-state index contributed by atoms with van der Waals surface area (Å²) in [4.78, 5) is 0. The van der Waals surface area contributed by atoms with Gasteiger partial charge in [-0.3, -0.25) is 0 Å². The van der Waals surface area contributed by atoms with Crippen LogP contribution in [0, 0.1) is 42.5 Å². The van der Waals surface area contributed by atoms with E-state index in [1.165, 1.54) is 6.42 Å². The second-order valence-corrected chi connectivity index (χ2v) is 1.93. The van der Waals surface area contributed by atoms with Crippen molar-refractivity contribution in [2.24, 2.45) is 5.92 Å². The number of hydrogen-bond acceptors (Lipinski definition) is 0. The van der Waals surface area contributed by atoms with Gasteiger partial charge in [0.2, 0.25) is 0 Å². The molecule has 0 bridgehead atoms. The van der Waals surface area contributed by atoms with E-state index in [-0.39, 0.29) is 0 Å². The third kappa shape index (κ3) is 3.23. The molecule has 0 nitrogen and oxygen atoms in total. The fourth-order valence-electron chi connectivity index (χ4n) is 0.0589. The first-order valence-corrected chi connectivity index (χ1v) is 3.05. The van der Waals surface area contributed by atoms with Gasteiger partial charge in [-0.05, 0) is 0 Å². The van der Waals surface area contributed by atoms with Crippen LogP contribution in [0.25, 0.3) is 0 Å². The molecular formula is C5H9Er. The molecule has 41 valence electrons. The number of hydrogen-bond donors (Lipinski definition) is 0. The van der Waals surface area contributed by atoms with Gasteiger partial charge in [-0.1, -0.05) is 0 Å². The Morgan fingerprint density at radius 1 is 1.83 bits per heavy atom. The topological polar surface area (TPSA) is 0 Å². The first kappa shape index (κ1) is 7.03. The molecule has 0 fully saturated rings. The fourth-order valence-corrected chi connectivity index (χ4v) is 0.437. The Morgan fingerprint density at radius 3 is 2.33 bits per heavy atom. The van der Waals surface area contributed by atoms with Crippen molar-refractivity contribution in [1.29, 1.82) is 0 Å². The van der Waals surface area contributed by atoms with E-state index in [1.54, 1.807) is 0 Å². The van der Waals surface area contributed by atoms with Gasteiger partial charge in [0.1, 0.15) is 0 Å². The molecular weight excluding hydrogens is 227 g/mol. The van der Waals surface area contributed by atoms with Crippen molar-refractivity contribution in [3.8, 4) is 1.93 Å².